The fourth-order valence-electron chi connectivity index (χ4n) is 1.62. The van der Waals surface area contributed by atoms with Gasteiger partial charge in [-0.25, -0.2) is 0 Å². The van der Waals surface area contributed by atoms with Gasteiger partial charge >= 0.3 is 0 Å². The van der Waals surface area contributed by atoms with E-state index < -0.39 is 0 Å². The number of nitrogens with zero attached hydrogens (tertiary/aromatic N) is 2. The van der Waals surface area contributed by atoms with E-state index in [1.807, 2.05) is 19.2 Å². The topological polar surface area (TPSA) is 41.6 Å². The van der Waals surface area contributed by atoms with E-state index in [0.29, 0.717) is 0 Å². The first-order valence-corrected chi connectivity index (χ1v) is 4.80. The maximum atomic E-state index is 4.41. The number of H-pyrrole nitrogens is 1. The normalized spacial score (nSPS) is 12.3. The van der Waals surface area contributed by atoms with Crippen molar-refractivity contribution in [3.05, 3.63) is 23.7 Å². The molecule has 0 aliphatic heterocycles. The number of hydrogen-bond acceptors (Lipinski definition) is 2. The summed E-state index contributed by atoms with van der Waals surface area (Å²) in [5.74, 6) is 0. The molecular weight excluding hydrogens is 174 g/mol. The Morgan fingerprint density at radius 1 is 1.29 bits per heavy atom. The van der Waals surface area contributed by atoms with Crippen molar-refractivity contribution in [2.45, 2.75) is 33.1 Å². The predicted octanol–water partition coefficient (Wildman–Crippen LogP) is 2.56. The first kappa shape index (κ1) is 9.19. The lowest BCUT2D eigenvalue weighted by molar-refractivity contribution is 0.574. The van der Waals surface area contributed by atoms with Gasteiger partial charge < -0.3 is 0 Å². The molecule has 2 rings (SSSR count). The molecule has 0 fully saturated rings. The molecule has 0 amide bonds. The van der Waals surface area contributed by atoms with Crippen molar-refractivity contribution in [1.82, 2.24) is 15.2 Å². The summed E-state index contributed by atoms with van der Waals surface area (Å²) in [7, 11) is 0. The molecule has 0 aliphatic rings. The average Bonchev–Trinajstić information content (AvgIpc) is 2.46. The van der Waals surface area contributed by atoms with Gasteiger partial charge in [0.15, 0.2) is 0 Å². The van der Waals surface area contributed by atoms with Gasteiger partial charge in [0.1, 0.15) is 5.52 Å². The zero-order valence-corrected chi connectivity index (χ0v) is 9.05. The zero-order chi connectivity index (χ0) is 10.3. The lowest BCUT2D eigenvalue weighted by Gasteiger charge is -2.17. The third-order valence-corrected chi connectivity index (χ3v) is 2.37. The number of fused-ring (bicyclic) bond motifs is 1. The van der Waals surface area contributed by atoms with Crippen LogP contribution in [0.15, 0.2) is 12.3 Å². The average molecular weight is 189 g/mol. The lowest BCUT2D eigenvalue weighted by Crippen LogP contribution is -2.13. The molecule has 0 saturated carbocycles. The van der Waals surface area contributed by atoms with E-state index in [9.17, 15) is 0 Å². The Labute approximate surface area is 83.6 Å². The first-order valence-electron chi connectivity index (χ1n) is 4.80. The smallest absolute Gasteiger partial charge is 0.114 e. The number of aromatic nitrogens is 3. The fraction of sp³-hybridized carbons (Fsp3) is 0.455. The second-order valence-corrected chi connectivity index (χ2v) is 4.65. The van der Waals surface area contributed by atoms with E-state index in [0.717, 1.165) is 16.9 Å². The highest BCUT2D eigenvalue weighted by Crippen LogP contribution is 2.27. The van der Waals surface area contributed by atoms with Crippen LogP contribution >= 0.6 is 0 Å². The zero-order valence-electron chi connectivity index (χ0n) is 9.05. The van der Waals surface area contributed by atoms with Gasteiger partial charge in [-0.15, -0.1) is 0 Å². The van der Waals surface area contributed by atoms with Crippen molar-refractivity contribution in [3.8, 4) is 0 Å². The summed E-state index contributed by atoms with van der Waals surface area (Å²) in [5.41, 5.74) is 3.20. The van der Waals surface area contributed by atoms with Crippen molar-refractivity contribution in [1.29, 1.82) is 0 Å². The van der Waals surface area contributed by atoms with Crippen molar-refractivity contribution in [2.24, 2.45) is 0 Å². The molecule has 0 aromatic carbocycles. The van der Waals surface area contributed by atoms with E-state index >= 15 is 0 Å². The minimum absolute atomic E-state index is 0.0428. The summed E-state index contributed by atoms with van der Waals surface area (Å²) in [6.45, 7) is 8.48. The van der Waals surface area contributed by atoms with Gasteiger partial charge in [0, 0.05) is 22.7 Å². The highest BCUT2D eigenvalue weighted by atomic mass is 15.1. The third kappa shape index (κ3) is 1.29. The second kappa shape index (κ2) is 2.80. The molecule has 0 aliphatic carbocycles. The van der Waals surface area contributed by atoms with E-state index in [4.69, 9.17) is 0 Å². The Kier molecular flexibility index (Phi) is 1.84. The van der Waals surface area contributed by atoms with Crippen molar-refractivity contribution in [2.75, 3.05) is 0 Å². The Bertz CT molecular complexity index is 463. The molecule has 2 aromatic heterocycles. The molecule has 1 N–H and O–H groups in total. The molecule has 2 heterocycles. The van der Waals surface area contributed by atoms with Crippen LogP contribution < -0.4 is 0 Å². The summed E-state index contributed by atoms with van der Waals surface area (Å²) in [4.78, 5) is 4.41. The lowest BCUT2D eigenvalue weighted by atomic mass is 9.90. The summed E-state index contributed by atoms with van der Waals surface area (Å²) in [6.07, 6.45) is 1.85. The minimum atomic E-state index is 0.0428. The van der Waals surface area contributed by atoms with Gasteiger partial charge in [-0.1, -0.05) is 20.8 Å². The molecule has 2 aromatic rings. The van der Waals surface area contributed by atoms with Crippen molar-refractivity contribution < 1.29 is 0 Å². The van der Waals surface area contributed by atoms with Crippen LogP contribution in [0.1, 0.15) is 32.2 Å². The summed E-state index contributed by atoms with van der Waals surface area (Å²) in [5, 5.41) is 8.47. The van der Waals surface area contributed by atoms with Crippen molar-refractivity contribution >= 4 is 10.9 Å². The van der Waals surface area contributed by atoms with Crippen LogP contribution in [0.2, 0.25) is 0 Å². The van der Waals surface area contributed by atoms with Crippen LogP contribution in [-0.4, -0.2) is 15.2 Å². The van der Waals surface area contributed by atoms with Crippen LogP contribution in [0.25, 0.3) is 10.9 Å². The quantitative estimate of drug-likeness (QED) is 0.692. The van der Waals surface area contributed by atoms with E-state index in [1.54, 1.807) is 0 Å². The molecule has 0 spiro atoms. The van der Waals surface area contributed by atoms with Gasteiger partial charge in [-0.3, -0.25) is 10.1 Å². The number of nitrogens with one attached hydrogen (secondary N) is 1. The number of aryl methyl sites for hydroxylation is 1. The summed E-state index contributed by atoms with van der Waals surface area (Å²) < 4.78 is 0. The fourth-order valence-corrected chi connectivity index (χ4v) is 1.62. The molecule has 3 nitrogen and oxygen atoms in total. The van der Waals surface area contributed by atoms with E-state index in [1.165, 1.54) is 5.39 Å². The molecule has 0 saturated heterocycles. The molecule has 74 valence electrons. The first-order chi connectivity index (χ1) is 6.50. The van der Waals surface area contributed by atoms with Crippen LogP contribution in [0.5, 0.6) is 0 Å². The highest BCUT2D eigenvalue weighted by molar-refractivity contribution is 5.83. The standard InChI is InChI=1S/C11H15N3/c1-7-8-5-6-12-10(11(2,3)4)9(8)14-13-7/h5-6H,1-4H3,(H,13,14). The molecule has 0 radical (unpaired) electrons. The highest BCUT2D eigenvalue weighted by Gasteiger charge is 2.20. The molecule has 0 atom stereocenters. The largest absolute Gasteiger partial charge is 0.282 e. The molecular formula is C11H15N3. The molecule has 0 bridgehead atoms. The number of hydrogen-bond donors (Lipinski definition) is 1. The number of rotatable bonds is 0. The SMILES string of the molecule is Cc1[nH]nc2c(C(C)(C)C)nccc12. The maximum Gasteiger partial charge on any atom is 0.114 e. The predicted molar refractivity (Wildman–Crippen MR) is 57.3 cm³/mol. The third-order valence-electron chi connectivity index (χ3n) is 2.37. The molecule has 14 heavy (non-hydrogen) atoms. The van der Waals surface area contributed by atoms with E-state index in [2.05, 4.69) is 36.0 Å². The van der Waals surface area contributed by atoms with E-state index in [-0.39, 0.29) is 5.41 Å². The summed E-state index contributed by atoms with van der Waals surface area (Å²) >= 11 is 0. The van der Waals surface area contributed by atoms with Crippen LogP contribution in [0.4, 0.5) is 0 Å². The number of pyridine rings is 1. The van der Waals surface area contributed by atoms with Gasteiger partial charge in [-0.05, 0) is 13.0 Å². The van der Waals surface area contributed by atoms with Gasteiger partial charge in [0.05, 0.1) is 5.69 Å². The molecule has 3 heteroatoms. The summed E-state index contributed by atoms with van der Waals surface area (Å²) in [6, 6.07) is 2.00. The van der Waals surface area contributed by atoms with Crippen molar-refractivity contribution in [3.63, 3.8) is 0 Å². The van der Waals surface area contributed by atoms with Gasteiger partial charge in [-0.2, -0.15) is 5.10 Å². The Morgan fingerprint density at radius 2 is 2.00 bits per heavy atom. The van der Waals surface area contributed by atoms with Gasteiger partial charge in [0.25, 0.3) is 0 Å². The monoisotopic (exact) mass is 189 g/mol. The Hall–Kier alpha value is -1.38. The number of aromatic amines is 1. The molecule has 0 unspecified atom stereocenters. The van der Waals surface area contributed by atoms with Crippen LogP contribution in [-0.2, 0) is 5.41 Å². The maximum absolute atomic E-state index is 4.41. The Balaban J connectivity index is 2.79. The Morgan fingerprint density at radius 3 is 2.64 bits per heavy atom. The minimum Gasteiger partial charge on any atom is -0.282 e. The van der Waals surface area contributed by atoms with Crippen LogP contribution in [0.3, 0.4) is 0 Å². The van der Waals surface area contributed by atoms with Gasteiger partial charge in [0.2, 0.25) is 0 Å². The van der Waals surface area contributed by atoms with Crippen LogP contribution in [0, 0.1) is 6.92 Å². The second-order valence-electron chi connectivity index (χ2n) is 4.65.